The van der Waals surface area contributed by atoms with E-state index in [0.29, 0.717) is 24.3 Å². The van der Waals surface area contributed by atoms with Crippen molar-refractivity contribution in [3.05, 3.63) is 23.8 Å². The Hall–Kier alpha value is -2.24. The molecule has 0 atom stereocenters. The van der Waals surface area contributed by atoms with Gasteiger partial charge in [-0.3, -0.25) is 9.59 Å². The Morgan fingerprint density at radius 1 is 1.00 bits per heavy atom. The summed E-state index contributed by atoms with van der Waals surface area (Å²) in [5.74, 6) is 1.98. The van der Waals surface area contributed by atoms with E-state index in [4.69, 9.17) is 9.47 Å². The highest BCUT2D eigenvalue weighted by Crippen LogP contribution is 2.28. The van der Waals surface area contributed by atoms with Gasteiger partial charge in [-0.05, 0) is 49.8 Å². The molecule has 1 aromatic rings. The van der Waals surface area contributed by atoms with Crippen molar-refractivity contribution >= 4 is 11.8 Å². The van der Waals surface area contributed by atoms with Crippen LogP contribution in [0.2, 0.25) is 0 Å². The highest BCUT2D eigenvalue weighted by molar-refractivity contribution is 5.79. The second-order valence-corrected chi connectivity index (χ2v) is 8.19. The summed E-state index contributed by atoms with van der Waals surface area (Å²) >= 11 is 0. The number of likely N-dealkylation sites (tertiary alicyclic amines) is 1. The number of methoxy groups -OCH3 is 2. The molecule has 1 heterocycles. The van der Waals surface area contributed by atoms with Crippen LogP contribution in [-0.2, 0) is 16.0 Å². The van der Waals surface area contributed by atoms with Crippen LogP contribution in [0.1, 0.15) is 56.9 Å². The lowest BCUT2D eigenvalue weighted by Crippen LogP contribution is -2.48. The number of aryl methyl sites for hydroxylation is 1. The third-order valence-corrected chi connectivity index (χ3v) is 6.25. The number of carbonyl (C=O) groups is 2. The summed E-state index contributed by atoms with van der Waals surface area (Å²) in [6.07, 6.45) is 8.51. The summed E-state index contributed by atoms with van der Waals surface area (Å²) in [6.45, 7) is 1.45. The lowest BCUT2D eigenvalue weighted by Gasteiger charge is -2.33. The fourth-order valence-electron chi connectivity index (χ4n) is 4.40. The molecule has 2 fully saturated rings. The lowest BCUT2D eigenvalue weighted by atomic mass is 9.88. The maximum atomic E-state index is 12.6. The summed E-state index contributed by atoms with van der Waals surface area (Å²) in [5.41, 5.74) is 1.06. The van der Waals surface area contributed by atoms with Crippen LogP contribution < -0.4 is 14.8 Å². The summed E-state index contributed by atoms with van der Waals surface area (Å²) in [5, 5.41) is 3.23. The number of nitrogens with zero attached hydrogens (tertiary/aromatic N) is 1. The van der Waals surface area contributed by atoms with E-state index >= 15 is 0 Å². The van der Waals surface area contributed by atoms with Gasteiger partial charge in [0.15, 0.2) is 11.5 Å². The Kier molecular flexibility index (Phi) is 7.78. The van der Waals surface area contributed by atoms with Gasteiger partial charge < -0.3 is 19.7 Å². The molecule has 0 bridgehead atoms. The van der Waals surface area contributed by atoms with Crippen LogP contribution in [0.4, 0.5) is 0 Å². The highest BCUT2D eigenvalue weighted by Gasteiger charge is 2.27. The Morgan fingerprint density at radius 2 is 1.69 bits per heavy atom. The Bertz CT molecular complexity index is 692. The average molecular weight is 403 g/mol. The number of hydrogen-bond acceptors (Lipinski definition) is 4. The normalized spacial score (nSPS) is 18.3. The summed E-state index contributed by atoms with van der Waals surface area (Å²) in [4.78, 5) is 27.0. The van der Waals surface area contributed by atoms with Crippen LogP contribution in [0.15, 0.2) is 18.2 Å². The molecule has 6 nitrogen and oxygen atoms in total. The smallest absolute Gasteiger partial charge is 0.223 e. The Balaban J connectivity index is 1.41. The number of hydrogen-bond donors (Lipinski definition) is 1. The summed E-state index contributed by atoms with van der Waals surface area (Å²) in [6, 6.07) is 5.99. The van der Waals surface area contributed by atoms with Crippen LogP contribution in [0.5, 0.6) is 11.5 Å². The highest BCUT2D eigenvalue weighted by atomic mass is 16.5. The minimum atomic E-state index is 0.178. The van der Waals surface area contributed by atoms with Gasteiger partial charge in [-0.25, -0.2) is 0 Å². The zero-order valence-electron chi connectivity index (χ0n) is 17.7. The van der Waals surface area contributed by atoms with Crippen molar-refractivity contribution in [2.45, 2.75) is 63.8 Å². The second-order valence-electron chi connectivity index (χ2n) is 8.19. The molecule has 1 aromatic carbocycles. The fourth-order valence-corrected chi connectivity index (χ4v) is 4.40. The van der Waals surface area contributed by atoms with Gasteiger partial charge in [-0.15, -0.1) is 0 Å². The predicted molar refractivity (Wildman–Crippen MR) is 112 cm³/mol. The maximum absolute atomic E-state index is 12.6. The van der Waals surface area contributed by atoms with Gasteiger partial charge in [0.2, 0.25) is 11.8 Å². The number of ether oxygens (including phenoxy) is 2. The molecular weight excluding hydrogens is 368 g/mol. The van der Waals surface area contributed by atoms with Gasteiger partial charge in [-0.2, -0.15) is 0 Å². The van der Waals surface area contributed by atoms with Crippen molar-refractivity contribution in [1.82, 2.24) is 10.2 Å². The van der Waals surface area contributed by atoms with Gasteiger partial charge in [0.05, 0.1) is 14.2 Å². The molecule has 1 saturated heterocycles. The molecule has 0 unspecified atom stereocenters. The molecule has 1 aliphatic carbocycles. The summed E-state index contributed by atoms with van der Waals surface area (Å²) in [7, 11) is 3.23. The lowest BCUT2D eigenvalue weighted by molar-refractivity contribution is -0.132. The van der Waals surface area contributed by atoms with E-state index in [0.717, 1.165) is 44.3 Å². The minimum absolute atomic E-state index is 0.178. The fraction of sp³-hybridized carbons (Fsp3) is 0.652. The molecule has 2 aliphatic rings. The van der Waals surface area contributed by atoms with Gasteiger partial charge in [0, 0.05) is 31.5 Å². The standard InChI is InChI=1S/C23H34N2O4/c1-28-20-10-8-17(16-21(20)29-2)9-11-22(26)25-14-12-19(13-15-25)24-23(27)18-6-4-3-5-7-18/h8,10,16,18-19H,3-7,9,11-15H2,1-2H3,(H,24,27). The maximum Gasteiger partial charge on any atom is 0.223 e. The van der Waals surface area contributed by atoms with E-state index in [9.17, 15) is 9.59 Å². The first-order valence-corrected chi connectivity index (χ1v) is 10.9. The zero-order valence-corrected chi connectivity index (χ0v) is 17.7. The molecule has 0 aromatic heterocycles. The third kappa shape index (κ3) is 5.87. The van der Waals surface area contributed by atoms with E-state index in [1.807, 2.05) is 23.1 Å². The van der Waals surface area contributed by atoms with E-state index in [2.05, 4.69) is 5.32 Å². The van der Waals surface area contributed by atoms with Crippen molar-refractivity contribution in [3.8, 4) is 11.5 Å². The molecule has 1 aliphatic heterocycles. The average Bonchev–Trinajstić information content (AvgIpc) is 2.78. The minimum Gasteiger partial charge on any atom is -0.493 e. The molecule has 0 spiro atoms. The van der Waals surface area contributed by atoms with E-state index in [-0.39, 0.29) is 23.8 Å². The van der Waals surface area contributed by atoms with Crippen molar-refractivity contribution in [2.24, 2.45) is 5.92 Å². The molecule has 1 N–H and O–H groups in total. The topological polar surface area (TPSA) is 67.9 Å². The van der Waals surface area contributed by atoms with E-state index in [1.54, 1.807) is 14.2 Å². The molecule has 6 heteroatoms. The summed E-state index contributed by atoms with van der Waals surface area (Å²) < 4.78 is 10.6. The number of nitrogens with one attached hydrogen (secondary N) is 1. The monoisotopic (exact) mass is 402 g/mol. The van der Waals surface area contributed by atoms with Crippen LogP contribution >= 0.6 is 0 Å². The van der Waals surface area contributed by atoms with E-state index < -0.39 is 0 Å². The Labute approximate surface area is 173 Å². The largest absolute Gasteiger partial charge is 0.493 e. The van der Waals surface area contributed by atoms with Crippen molar-refractivity contribution < 1.29 is 19.1 Å². The van der Waals surface area contributed by atoms with Crippen LogP contribution in [-0.4, -0.2) is 50.1 Å². The molecule has 2 amide bonds. The SMILES string of the molecule is COc1ccc(CCC(=O)N2CCC(NC(=O)C3CCCCC3)CC2)cc1OC. The predicted octanol–water partition coefficient (Wildman–Crippen LogP) is 3.32. The van der Waals surface area contributed by atoms with Gasteiger partial charge in [0.25, 0.3) is 0 Å². The van der Waals surface area contributed by atoms with Crippen LogP contribution in [0.25, 0.3) is 0 Å². The van der Waals surface area contributed by atoms with Crippen molar-refractivity contribution in [1.29, 1.82) is 0 Å². The number of carbonyl (C=O) groups excluding carboxylic acids is 2. The zero-order chi connectivity index (χ0) is 20.6. The van der Waals surface area contributed by atoms with Gasteiger partial charge in [-0.1, -0.05) is 25.3 Å². The number of benzene rings is 1. The number of rotatable bonds is 7. The molecule has 1 saturated carbocycles. The van der Waals surface area contributed by atoms with Crippen molar-refractivity contribution in [2.75, 3.05) is 27.3 Å². The third-order valence-electron chi connectivity index (χ3n) is 6.25. The Morgan fingerprint density at radius 3 is 2.34 bits per heavy atom. The first kappa shape index (κ1) is 21.5. The molecule has 160 valence electrons. The number of amides is 2. The van der Waals surface area contributed by atoms with Gasteiger partial charge >= 0.3 is 0 Å². The van der Waals surface area contributed by atoms with Gasteiger partial charge in [0.1, 0.15) is 0 Å². The number of piperidine rings is 1. The first-order valence-electron chi connectivity index (χ1n) is 10.9. The van der Waals surface area contributed by atoms with Crippen LogP contribution in [0.3, 0.4) is 0 Å². The molecule has 3 rings (SSSR count). The van der Waals surface area contributed by atoms with Crippen LogP contribution in [0, 0.1) is 5.92 Å². The molecular formula is C23H34N2O4. The molecule has 29 heavy (non-hydrogen) atoms. The van der Waals surface area contributed by atoms with Crippen molar-refractivity contribution in [3.63, 3.8) is 0 Å². The second kappa shape index (κ2) is 10.5. The molecule has 0 radical (unpaired) electrons. The first-order chi connectivity index (χ1) is 14.1. The van der Waals surface area contributed by atoms with E-state index in [1.165, 1.54) is 19.3 Å². The quantitative estimate of drug-likeness (QED) is 0.760.